The normalized spacial score (nSPS) is 11.4. The first kappa shape index (κ1) is 20.8. The standard InChI is InChI=1S/C24H21ClN2O4/c1-24(2,31-18-9-7-16(25)8-10-18)23(28)26-17-6-4-5-15(13-17)22-27-20-14-19(29-3)11-12-21(20)30-22/h4-14H,1-3H3,(H,26,28). The molecule has 0 aliphatic heterocycles. The number of fused-ring (bicyclic) bond motifs is 1. The van der Waals surface area contributed by atoms with Crippen molar-refractivity contribution in [1.29, 1.82) is 0 Å². The molecule has 0 atom stereocenters. The quantitative estimate of drug-likeness (QED) is 0.404. The Kier molecular flexibility index (Phi) is 5.57. The molecule has 6 nitrogen and oxygen atoms in total. The molecule has 7 heteroatoms. The zero-order valence-corrected chi connectivity index (χ0v) is 18.1. The molecule has 1 N–H and O–H groups in total. The number of hydrogen-bond donors (Lipinski definition) is 1. The molecule has 4 rings (SSSR count). The summed E-state index contributed by atoms with van der Waals surface area (Å²) < 4.78 is 16.9. The Labute approximate surface area is 184 Å². The summed E-state index contributed by atoms with van der Waals surface area (Å²) in [5.74, 6) is 1.43. The number of carbonyl (C=O) groups is 1. The number of benzene rings is 3. The van der Waals surface area contributed by atoms with E-state index in [1.165, 1.54) is 0 Å². The van der Waals surface area contributed by atoms with E-state index in [0.29, 0.717) is 39.2 Å². The van der Waals surface area contributed by atoms with Crippen molar-refractivity contribution in [1.82, 2.24) is 4.98 Å². The van der Waals surface area contributed by atoms with Gasteiger partial charge >= 0.3 is 0 Å². The largest absolute Gasteiger partial charge is 0.497 e. The fourth-order valence-electron chi connectivity index (χ4n) is 3.01. The van der Waals surface area contributed by atoms with Crippen molar-refractivity contribution in [3.05, 3.63) is 71.8 Å². The second-order valence-corrected chi connectivity index (χ2v) is 7.89. The number of aromatic nitrogens is 1. The molecule has 0 saturated carbocycles. The van der Waals surface area contributed by atoms with Gasteiger partial charge in [0.25, 0.3) is 5.91 Å². The van der Waals surface area contributed by atoms with Crippen LogP contribution in [-0.4, -0.2) is 23.6 Å². The van der Waals surface area contributed by atoms with Gasteiger partial charge in [-0.25, -0.2) is 4.98 Å². The highest BCUT2D eigenvalue weighted by atomic mass is 35.5. The first-order valence-corrected chi connectivity index (χ1v) is 10.0. The summed E-state index contributed by atoms with van der Waals surface area (Å²) in [6.45, 7) is 3.41. The van der Waals surface area contributed by atoms with Gasteiger partial charge < -0.3 is 19.2 Å². The molecule has 1 aromatic heterocycles. The summed E-state index contributed by atoms with van der Waals surface area (Å²) in [5.41, 5.74) is 1.60. The number of nitrogens with one attached hydrogen (secondary N) is 1. The second kappa shape index (κ2) is 8.32. The predicted octanol–water partition coefficient (Wildman–Crippen LogP) is 5.95. The fraction of sp³-hybridized carbons (Fsp3) is 0.167. The lowest BCUT2D eigenvalue weighted by Gasteiger charge is -2.25. The van der Waals surface area contributed by atoms with E-state index in [2.05, 4.69) is 10.3 Å². The minimum Gasteiger partial charge on any atom is -0.497 e. The monoisotopic (exact) mass is 436 g/mol. The van der Waals surface area contributed by atoms with E-state index in [0.717, 1.165) is 5.56 Å². The lowest BCUT2D eigenvalue weighted by atomic mass is 10.1. The van der Waals surface area contributed by atoms with Gasteiger partial charge in [0.15, 0.2) is 11.2 Å². The Bertz CT molecular complexity index is 1230. The minimum absolute atomic E-state index is 0.290. The molecule has 0 spiro atoms. The molecule has 0 saturated heterocycles. The average Bonchev–Trinajstić information content (AvgIpc) is 3.19. The molecule has 4 aromatic rings. The maximum absolute atomic E-state index is 12.8. The Morgan fingerprint density at radius 2 is 1.77 bits per heavy atom. The summed E-state index contributed by atoms with van der Waals surface area (Å²) in [7, 11) is 1.60. The van der Waals surface area contributed by atoms with Gasteiger partial charge in [0.1, 0.15) is 17.0 Å². The third-order valence-electron chi connectivity index (χ3n) is 4.70. The third kappa shape index (κ3) is 4.64. The average molecular weight is 437 g/mol. The molecular weight excluding hydrogens is 416 g/mol. The summed E-state index contributed by atoms with van der Waals surface area (Å²) >= 11 is 5.91. The molecule has 158 valence electrons. The van der Waals surface area contributed by atoms with Gasteiger partial charge in [-0.2, -0.15) is 0 Å². The van der Waals surface area contributed by atoms with E-state index >= 15 is 0 Å². The third-order valence-corrected chi connectivity index (χ3v) is 4.95. The highest BCUT2D eigenvalue weighted by Gasteiger charge is 2.30. The summed E-state index contributed by atoms with van der Waals surface area (Å²) in [6.07, 6.45) is 0. The SMILES string of the molecule is COc1ccc2oc(-c3cccc(NC(=O)C(C)(C)Oc4ccc(Cl)cc4)c3)nc2c1. The zero-order chi connectivity index (χ0) is 22.0. The highest BCUT2D eigenvalue weighted by Crippen LogP contribution is 2.29. The number of hydrogen-bond acceptors (Lipinski definition) is 5. The van der Waals surface area contributed by atoms with Crippen molar-refractivity contribution in [2.24, 2.45) is 0 Å². The van der Waals surface area contributed by atoms with Crippen LogP contribution < -0.4 is 14.8 Å². The molecule has 1 heterocycles. The zero-order valence-electron chi connectivity index (χ0n) is 17.3. The number of ether oxygens (including phenoxy) is 2. The number of anilines is 1. The van der Waals surface area contributed by atoms with Gasteiger partial charge in [0.2, 0.25) is 5.89 Å². The minimum atomic E-state index is -1.10. The van der Waals surface area contributed by atoms with Crippen molar-refractivity contribution in [3.63, 3.8) is 0 Å². The maximum atomic E-state index is 12.8. The summed E-state index contributed by atoms with van der Waals surface area (Å²) in [6, 6.07) is 19.6. The van der Waals surface area contributed by atoms with Crippen LogP contribution in [0, 0.1) is 0 Å². The van der Waals surface area contributed by atoms with Crippen LogP contribution in [0.5, 0.6) is 11.5 Å². The Hall–Kier alpha value is -3.51. The fourth-order valence-corrected chi connectivity index (χ4v) is 3.14. The number of methoxy groups -OCH3 is 1. The smallest absolute Gasteiger partial charge is 0.267 e. The molecule has 0 aliphatic rings. The molecule has 0 unspecified atom stereocenters. The van der Waals surface area contributed by atoms with Crippen LogP contribution in [0.2, 0.25) is 5.02 Å². The molecule has 1 amide bonds. The highest BCUT2D eigenvalue weighted by molar-refractivity contribution is 6.30. The first-order chi connectivity index (χ1) is 14.8. The van der Waals surface area contributed by atoms with Crippen molar-refractivity contribution in [2.75, 3.05) is 12.4 Å². The summed E-state index contributed by atoms with van der Waals surface area (Å²) in [4.78, 5) is 17.4. The summed E-state index contributed by atoms with van der Waals surface area (Å²) in [5, 5.41) is 3.50. The Morgan fingerprint density at radius 1 is 1.03 bits per heavy atom. The number of halogens is 1. The molecule has 3 aromatic carbocycles. The molecule has 0 aliphatic carbocycles. The van der Waals surface area contributed by atoms with Gasteiger partial charge in [0, 0.05) is 22.3 Å². The topological polar surface area (TPSA) is 73.6 Å². The van der Waals surface area contributed by atoms with E-state index in [1.54, 1.807) is 57.4 Å². The van der Waals surface area contributed by atoms with E-state index in [9.17, 15) is 4.79 Å². The number of nitrogens with zero attached hydrogens (tertiary/aromatic N) is 1. The second-order valence-electron chi connectivity index (χ2n) is 7.45. The Morgan fingerprint density at radius 3 is 2.52 bits per heavy atom. The van der Waals surface area contributed by atoms with E-state index in [1.807, 2.05) is 30.3 Å². The van der Waals surface area contributed by atoms with E-state index in [-0.39, 0.29) is 5.91 Å². The van der Waals surface area contributed by atoms with Gasteiger partial charge in [-0.15, -0.1) is 0 Å². The lowest BCUT2D eigenvalue weighted by Crippen LogP contribution is -2.42. The van der Waals surface area contributed by atoms with Crippen LogP contribution in [0.4, 0.5) is 5.69 Å². The number of oxazole rings is 1. The van der Waals surface area contributed by atoms with Crippen LogP contribution >= 0.6 is 11.6 Å². The molecule has 0 fully saturated rings. The number of rotatable bonds is 6. The van der Waals surface area contributed by atoms with Crippen LogP contribution in [0.15, 0.2) is 71.1 Å². The number of amides is 1. The van der Waals surface area contributed by atoms with Crippen molar-refractivity contribution >= 4 is 34.3 Å². The molecule has 31 heavy (non-hydrogen) atoms. The number of carbonyl (C=O) groups excluding carboxylic acids is 1. The van der Waals surface area contributed by atoms with Crippen LogP contribution in [0.25, 0.3) is 22.6 Å². The maximum Gasteiger partial charge on any atom is 0.267 e. The van der Waals surface area contributed by atoms with Gasteiger partial charge in [-0.05, 0) is 68.4 Å². The molecular formula is C24H21ClN2O4. The van der Waals surface area contributed by atoms with Crippen molar-refractivity contribution < 1.29 is 18.7 Å². The van der Waals surface area contributed by atoms with Gasteiger partial charge in [-0.1, -0.05) is 17.7 Å². The van der Waals surface area contributed by atoms with Crippen LogP contribution in [0.1, 0.15) is 13.8 Å². The lowest BCUT2D eigenvalue weighted by molar-refractivity contribution is -0.128. The molecule has 0 radical (unpaired) electrons. The predicted molar refractivity (Wildman–Crippen MR) is 121 cm³/mol. The first-order valence-electron chi connectivity index (χ1n) is 9.65. The van der Waals surface area contributed by atoms with Crippen LogP contribution in [0.3, 0.4) is 0 Å². The van der Waals surface area contributed by atoms with E-state index < -0.39 is 5.60 Å². The van der Waals surface area contributed by atoms with Crippen molar-refractivity contribution in [3.8, 4) is 23.0 Å². The van der Waals surface area contributed by atoms with Crippen molar-refractivity contribution in [2.45, 2.75) is 19.4 Å². The van der Waals surface area contributed by atoms with Crippen LogP contribution in [-0.2, 0) is 4.79 Å². The molecule has 0 bridgehead atoms. The van der Waals surface area contributed by atoms with Gasteiger partial charge in [-0.3, -0.25) is 4.79 Å². The van der Waals surface area contributed by atoms with E-state index in [4.69, 9.17) is 25.5 Å². The van der Waals surface area contributed by atoms with Gasteiger partial charge in [0.05, 0.1) is 7.11 Å². The Balaban J connectivity index is 1.52.